The maximum atomic E-state index is 13.4. The third-order valence-corrected chi connectivity index (χ3v) is 6.83. The quantitative estimate of drug-likeness (QED) is 0.638. The van der Waals surface area contributed by atoms with Gasteiger partial charge in [-0.3, -0.25) is 14.6 Å². The number of benzene rings is 2. The van der Waals surface area contributed by atoms with Gasteiger partial charge < -0.3 is 4.74 Å². The maximum Gasteiger partial charge on any atom is 0.315 e. The van der Waals surface area contributed by atoms with Crippen molar-refractivity contribution in [3.05, 3.63) is 59.3 Å². The standard InChI is InChI=1S/C26H27NO3/c1-16-23(26(29)30-18-10-3-4-11-18)24(25-21(27-16)14-7-15-22(25)28)20-13-6-9-17-8-2-5-12-19(17)20/h2,5-6,8-9,12-13,18,23-24H,3-4,7,10-11,14-15H2,1H3/t23?,24-/m0/s1. The van der Waals surface area contributed by atoms with Crippen LogP contribution < -0.4 is 0 Å². The van der Waals surface area contributed by atoms with Gasteiger partial charge in [0.05, 0.1) is 0 Å². The number of nitrogens with zero attached hydrogens (tertiary/aromatic N) is 1. The first-order chi connectivity index (χ1) is 14.6. The van der Waals surface area contributed by atoms with E-state index in [1.807, 2.05) is 25.1 Å². The summed E-state index contributed by atoms with van der Waals surface area (Å²) >= 11 is 0. The number of aliphatic imine (C=N–C) groups is 1. The first-order valence-electron chi connectivity index (χ1n) is 11.1. The van der Waals surface area contributed by atoms with Gasteiger partial charge in [-0.25, -0.2) is 0 Å². The van der Waals surface area contributed by atoms with Crippen LogP contribution in [0.4, 0.5) is 0 Å². The van der Waals surface area contributed by atoms with Crippen molar-refractivity contribution in [1.82, 2.24) is 0 Å². The largest absolute Gasteiger partial charge is 0.462 e. The Hall–Kier alpha value is -2.75. The fraction of sp³-hybridized carbons (Fsp3) is 0.423. The Morgan fingerprint density at radius 1 is 1.00 bits per heavy atom. The molecular weight excluding hydrogens is 374 g/mol. The van der Waals surface area contributed by atoms with Gasteiger partial charge in [0.25, 0.3) is 0 Å². The summed E-state index contributed by atoms with van der Waals surface area (Å²) in [5, 5.41) is 2.20. The lowest BCUT2D eigenvalue weighted by molar-refractivity contribution is -0.151. The zero-order valence-corrected chi connectivity index (χ0v) is 17.4. The molecular formula is C26H27NO3. The van der Waals surface area contributed by atoms with Crippen LogP contribution in [0.1, 0.15) is 63.4 Å². The van der Waals surface area contributed by atoms with E-state index in [4.69, 9.17) is 9.73 Å². The summed E-state index contributed by atoms with van der Waals surface area (Å²) in [5.74, 6) is -0.974. The zero-order chi connectivity index (χ0) is 20.7. The molecule has 1 fully saturated rings. The van der Waals surface area contributed by atoms with Crippen LogP contribution in [0.15, 0.2) is 58.7 Å². The summed E-state index contributed by atoms with van der Waals surface area (Å²) in [6.45, 7) is 1.92. The van der Waals surface area contributed by atoms with Crippen molar-refractivity contribution < 1.29 is 14.3 Å². The van der Waals surface area contributed by atoms with E-state index in [2.05, 4.69) is 24.3 Å². The third-order valence-electron chi connectivity index (χ3n) is 6.83. The number of fused-ring (bicyclic) bond motifs is 1. The van der Waals surface area contributed by atoms with E-state index in [1.54, 1.807) is 0 Å². The highest BCUT2D eigenvalue weighted by Crippen LogP contribution is 2.45. The Morgan fingerprint density at radius 3 is 2.60 bits per heavy atom. The summed E-state index contributed by atoms with van der Waals surface area (Å²) in [5.41, 5.74) is 3.39. The fourth-order valence-electron chi connectivity index (χ4n) is 5.41. The molecule has 1 saturated carbocycles. The highest BCUT2D eigenvalue weighted by molar-refractivity contribution is 6.09. The van der Waals surface area contributed by atoms with E-state index in [0.717, 1.165) is 71.8 Å². The van der Waals surface area contributed by atoms with Gasteiger partial charge in [-0.1, -0.05) is 42.5 Å². The van der Waals surface area contributed by atoms with Crippen LogP contribution in [0.25, 0.3) is 10.8 Å². The molecule has 0 aromatic heterocycles. The fourth-order valence-corrected chi connectivity index (χ4v) is 5.41. The molecule has 2 aliphatic carbocycles. The number of esters is 1. The molecule has 0 bridgehead atoms. The van der Waals surface area contributed by atoms with Crippen LogP contribution in [0, 0.1) is 5.92 Å². The van der Waals surface area contributed by atoms with Crippen molar-refractivity contribution in [2.75, 3.05) is 0 Å². The minimum Gasteiger partial charge on any atom is -0.462 e. The molecule has 1 heterocycles. The van der Waals surface area contributed by atoms with Gasteiger partial charge in [-0.2, -0.15) is 0 Å². The van der Waals surface area contributed by atoms with Gasteiger partial charge in [-0.05, 0) is 61.8 Å². The SMILES string of the molecule is CC1=NC2=C(C(=O)CCC2)[C@@H](c2cccc3ccccc23)C1C(=O)OC1CCCC1. The lowest BCUT2D eigenvalue weighted by Crippen LogP contribution is -2.38. The van der Waals surface area contributed by atoms with Crippen molar-refractivity contribution in [2.24, 2.45) is 10.9 Å². The number of rotatable bonds is 3. The number of allylic oxidation sites excluding steroid dienone is 2. The summed E-state index contributed by atoms with van der Waals surface area (Å²) in [6.07, 6.45) is 6.22. The molecule has 3 aliphatic rings. The van der Waals surface area contributed by atoms with Crippen LogP contribution in [-0.4, -0.2) is 23.6 Å². The number of ketones is 1. The molecule has 1 unspecified atom stereocenters. The first-order valence-corrected chi connectivity index (χ1v) is 11.1. The summed E-state index contributed by atoms with van der Waals surface area (Å²) in [6, 6.07) is 14.3. The monoisotopic (exact) mass is 401 g/mol. The number of hydrogen-bond acceptors (Lipinski definition) is 4. The van der Waals surface area contributed by atoms with E-state index in [-0.39, 0.29) is 23.8 Å². The average molecular weight is 402 g/mol. The molecule has 2 aromatic rings. The molecule has 0 saturated heterocycles. The number of carbonyl (C=O) groups is 2. The predicted molar refractivity (Wildman–Crippen MR) is 118 cm³/mol. The number of Topliss-reactive ketones (excluding diaryl/α,β-unsaturated/α-hetero) is 1. The maximum absolute atomic E-state index is 13.4. The minimum absolute atomic E-state index is 0.00379. The average Bonchev–Trinajstić information content (AvgIpc) is 3.25. The van der Waals surface area contributed by atoms with Crippen molar-refractivity contribution in [1.29, 1.82) is 0 Å². The molecule has 4 heteroatoms. The Labute approximate surface area is 177 Å². The van der Waals surface area contributed by atoms with E-state index in [9.17, 15) is 9.59 Å². The van der Waals surface area contributed by atoms with Crippen LogP contribution in [0.2, 0.25) is 0 Å². The first kappa shape index (κ1) is 19.2. The van der Waals surface area contributed by atoms with Crippen molar-refractivity contribution in [3.63, 3.8) is 0 Å². The van der Waals surface area contributed by atoms with Crippen LogP contribution in [-0.2, 0) is 14.3 Å². The Balaban J connectivity index is 1.65. The molecule has 0 amide bonds. The Bertz CT molecular complexity index is 1070. The molecule has 4 nitrogen and oxygen atoms in total. The number of ether oxygens (including phenoxy) is 1. The minimum atomic E-state index is -0.544. The molecule has 2 aromatic carbocycles. The molecule has 1 aliphatic heterocycles. The molecule has 5 rings (SSSR count). The van der Waals surface area contributed by atoms with Crippen LogP contribution >= 0.6 is 0 Å². The number of carbonyl (C=O) groups excluding carboxylic acids is 2. The van der Waals surface area contributed by atoms with Gasteiger partial charge in [-0.15, -0.1) is 0 Å². The zero-order valence-electron chi connectivity index (χ0n) is 17.4. The summed E-state index contributed by atoms with van der Waals surface area (Å²) in [7, 11) is 0. The molecule has 0 radical (unpaired) electrons. The van der Waals surface area contributed by atoms with Gasteiger partial charge in [0.2, 0.25) is 0 Å². The lowest BCUT2D eigenvalue weighted by Gasteiger charge is -2.35. The van der Waals surface area contributed by atoms with Crippen molar-refractivity contribution in [2.45, 2.75) is 63.9 Å². The highest BCUT2D eigenvalue weighted by Gasteiger charge is 2.44. The van der Waals surface area contributed by atoms with Crippen molar-refractivity contribution in [3.8, 4) is 0 Å². The highest BCUT2D eigenvalue weighted by atomic mass is 16.5. The molecule has 2 atom stereocenters. The van der Waals surface area contributed by atoms with Gasteiger partial charge in [0.15, 0.2) is 5.78 Å². The summed E-state index contributed by atoms with van der Waals surface area (Å²) < 4.78 is 5.95. The predicted octanol–water partition coefficient (Wildman–Crippen LogP) is 5.51. The lowest BCUT2D eigenvalue weighted by atomic mass is 9.71. The van der Waals surface area contributed by atoms with E-state index >= 15 is 0 Å². The molecule has 0 spiro atoms. The topological polar surface area (TPSA) is 55.7 Å². The van der Waals surface area contributed by atoms with Crippen LogP contribution in [0.5, 0.6) is 0 Å². The van der Waals surface area contributed by atoms with Gasteiger partial charge >= 0.3 is 5.97 Å². The number of hydrogen-bond donors (Lipinski definition) is 0. The normalized spacial score (nSPS) is 24.7. The van der Waals surface area contributed by atoms with E-state index < -0.39 is 5.92 Å². The van der Waals surface area contributed by atoms with Gasteiger partial charge in [0.1, 0.15) is 12.0 Å². The smallest absolute Gasteiger partial charge is 0.315 e. The van der Waals surface area contributed by atoms with E-state index in [0.29, 0.717) is 6.42 Å². The molecule has 0 N–H and O–H groups in total. The second kappa shape index (κ2) is 7.82. The summed E-state index contributed by atoms with van der Waals surface area (Å²) in [4.78, 5) is 31.3. The molecule has 30 heavy (non-hydrogen) atoms. The van der Waals surface area contributed by atoms with Crippen molar-refractivity contribution >= 4 is 28.2 Å². The Kier molecular flexibility index (Phi) is 5.01. The second-order valence-electron chi connectivity index (χ2n) is 8.76. The van der Waals surface area contributed by atoms with Gasteiger partial charge in [0, 0.05) is 29.3 Å². The Morgan fingerprint density at radius 2 is 1.77 bits per heavy atom. The molecule has 154 valence electrons. The van der Waals surface area contributed by atoms with E-state index in [1.165, 1.54) is 0 Å². The second-order valence-corrected chi connectivity index (χ2v) is 8.76. The third kappa shape index (κ3) is 3.28. The van der Waals surface area contributed by atoms with Crippen LogP contribution in [0.3, 0.4) is 0 Å².